The van der Waals surface area contributed by atoms with Crippen molar-refractivity contribution in [2.75, 3.05) is 13.6 Å². The van der Waals surface area contributed by atoms with Gasteiger partial charge in [-0.1, -0.05) is 0 Å². The summed E-state index contributed by atoms with van der Waals surface area (Å²) in [5.41, 5.74) is 0. The molecule has 1 atom stereocenters. The highest BCUT2D eigenvalue weighted by Crippen LogP contribution is 2.08. The summed E-state index contributed by atoms with van der Waals surface area (Å²) in [6, 6.07) is 0. The fraction of sp³-hybridized carbons (Fsp3) is 1.00. The first-order valence-electron chi connectivity index (χ1n) is 2.67. The summed E-state index contributed by atoms with van der Waals surface area (Å²) in [6.45, 7) is 3.17. The molecule has 0 aromatic carbocycles. The van der Waals surface area contributed by atoms with Gasteiger partial charge in [0, 0.05) is 13.6 Å². The van der Waals surface area contributed by atoms with E-state index in [4.69, 9.17) is 4.84 Å². The minimum atomic E-state index is 0.449. The van der Waals surface area contributed by atoms with Gasteiger partial charge in [-0.3, -0.25) is 4.84 Å². The van der Waals surface area contributed by atoms with Crippen LogP contribution in [0.4, 0.5) is 0 Å². The summed E-state index contributed by atoms with van der Waals surface area (Å²) in [5.74, 6) is 0. The highest BCUT2D eigenvalue weighted by atomic mass is 16.7. The largest absolute Gasteiger partial charge is 0.296 e. The van der Waals surface area contributed by atoms with Gasteiger partial charge in [0.15, 0.2) is 0 Å². The molecule has 1 saturated heterocycles. The molecule has 1 fully saturated rings. The fourth-order valence-electron chi connectivity index (χ4n) is 0.776. The normalized spacial score (nSPS) is 34.3. The van der Waals surface area contributed by atoms with E-state index in [1.165, 1.54) is 6.42 Å². The Hall–Kier alpha value is -0.0800. The molecular formula is C5H11NO. The van der Waals surface area contributed by atoms with Crippen LogP contribution in [-0.4, -0.2) is 24.8 Å². The maximum Gasteiger partial charge on any atom is 0.0778 e. The molecule has 0 aromatic rings. The van der Waals surface area contributed by atoms with Crippen LogP contribution in [-0.2, 0) is 4.84 Å². The van der Waals surface area contributed by atoms with Gasteiger partial charge in [-0.15, -0.1) is 0 Å². The third kappa shape index (κ3) is 1.14. The van der Waals surface area contributed by atoms with Crippen LogP contribution < -0.4 is 0 Å². The van der Waals surface area contributed by atoms with Crippen LogP contribution >= 0.6 is 0 Å². The summed E-state index contributed by atoms with van der Waals surface area (Å²) >= 11 is 0. The van der Waals surface area contributed by atoms with Gasteiger partial charge in [0.05, 0.1) is 6.10 Å². The lowest BCUT2D eigenvalue weighted by Gasteiger charge is -2.05. The number of hydroxylamine groups is 2. The smallest absolute Gasteiger partial charge is 0.0778 e. The molecule has 0 amide bonds. The molecule has 0 unspecified atom stereocenters. The van der Waals surface area contributed by atoms with E-state index in [2.05, 4.69) is 6.92 Å². The summed E-state index contributed by atoms with van der Waals surface area (Å²) < 4.78 is 0. The number of rotatable bonds is 0. The van der Waals surface area contributed by atoms with E-state index in [9.17, 15) is 0 Å². The standard InChI is InChI=1S/C5H11NO/c1-5-3-4-6(2)7-5/h5H,3-4H2,1-2H3/t5-/m1/s1. The summed E-state index contributed by atoms with van der Waals surface area (Å²) in [7, 11) is 1.96. The van der Waals surface area contributed by atoms with Gasteiger partial charge in [-0.05, 0) is 13.3 Å². The highest BCUT2D eigenvalue weighted by Gasteiger charge is 2.14. The molecule has 1 rings (SSSR count). The zero-order valence-electron chi connectivity index (χ0n) is 4.85. The van der Waals surface area contributed by atoms with Crippen LogP contribution in [0.5, 0.6) is 0 Å². The van der Waals surface area contributed by atoms with Crippen LogP contribution in [0.1, 0.15) is 13.3 Å². The van der Waals surface area contributed by atoms with Crippen molar-refractivity contribution in [2.24, 2.45) is 0 Å². The van der Waals surface area contributed by atoms with Crippen molar-refractivity contribution in [3.63, 3.8) is 0 Å². The van der Waals surface area contributed by atoms with Crippen molar-refractivity contribution >= 4 is 0 Å². The quantitative estimate of drug-likeness (QED) is 0.444. The monoisotopic (exact) mass is 101 g/mol. The van der Waals surface area contributed by atoms with Gasteiger partial charge >= 0.3 is 0 Å². The Bertz CT molecular complexity index is 57.1. The Labute approximate surface area is 44.0 Å². The van der Waals surface area contributed by atoms with Crippen LogP contribution in [0.25, 0.3) is 0 Å². The van der Waals surface area contributed by atoms with E-state index in [-0.39, 0.29) is 0 Å². The first kappa shape index (κ1) is 5.06. The topological polar surface area (TPSA) is 12.5 Å². The van der Waals surface area contributed by atoms with Crippen molar-refractivity contribution in [2.45, 2.75) is 19.4 Å². The Morgan fingerprint density at radius 3 is 2.57 bits per heavy atom. The van der Waals surface area contributed by atoms with Gasteiger partial charge in [-0.2, -0.15) is 5.06 Å². The highest BCUT2D eigenvalue weighted by molar-refractivity contribution is 4.56. The van der Waals surface area contributed by atoms with Crippen molar-refractivity contribution in [1.82, 2.24) is 5.06 Å². The van der Waals surface area contributed by atoms with E-state index in [0.29, 0.717) is 6.10 Å². The molecule has 0 aliphatic carbocycles. The Kier molecular flexibility index (Phi) is 1.30. The lowest BCUT2D eigenvalue weighted by Crippen LogP contribution is -2.11. The van der Waals surface area contributed by atoms with Crippen LogP contribution in [0.2, 0.25) is 0 Å². The second-order valence-electron chi connectivity index (χ2n) is 2.06. The zero-order chi connectivity index (χ0) is 5.28. The zero-order valence-corrected chi connectivity index (χ0v) is 4.85. The number of nitrogens with zero attached hydrogens (tertiary/aromatic N) is 1. The Morgan fingerprint density at radius 1 is 1.71 bits per heavy atom. The third-order valence-electron chi connectivity index (χ3n) is 1.21. The lowest BCUT2D eigenvalue weighted by molar-refractivity contribution is -0.120. The predicted molar refractivity (Wildman–Crippen MR) is 27.8 cm³/mol. The molecular weight excluding hydrogens is 90.1 g/mol. The first-order valence-corrected chi connectivity index (χ1v) is 2.67. The molecule has 1 aliphatic heterocycles. The average Bonchev–Trinajstić information content (AvgIpc) is 1.87. The molecule has 42 valence electrons. The first-order chi connectivity index (χ1) is 3.29. The fourth-order valence-corrected chi connectivity index (χ4v) is 0.776. The maximum absolute atomic E-state index is 5.19. The van der Waals surface area contributed by atoms with Crippen LogP contribution in [0, 0.1) is 0 Å². The second kappa shape index (κ2) is 1.80. The summed E-state index contributed by atoms with van der Waals surface area (Å²) in [5, 5.41) is 1.88. The molecule has 0 aromatic heterocycles. The molecule has 0 N–H and O–H groups in total. The van der Waals surface area contributed by atoms with Gasteiger partial charge in [0.2, 0.25) is 0 Å². The van der Waals surface area contributed by atoms with E-state index >= 15 is 0 Å². The number of hydrogen-bond acceptors (Lipinski definition) is 2. The summed E-state index contributed by atoms with van der Waals surface area (Å²) in [6.07, 6.45) is 1.63. The molecule has 1 heterocycles. The molecule has 7 heavy (non-hydrogen) atoms. The minimum absolute atomic E-state index is 0.449. The van der Waals surface area contributed by atoms with E-state index in [1.807, 2.05) is 12.1 Å². The number of hydrogen-bond donors (Lipinski definition) is 0. The molecule has 2 nitrogen and oxygen atoms in total. The van der Waals surface area contributed by atoms with Crippen LogP contribution in [0.15, 0.2) is 0 Å². The third-order valence-corrected chi connectivity index (χ3v) is 1.21. The predicted octanol–water partition coefficient (Wildman–Crippen LogP) is 0.642. The SMILES string of the molecule is C[C@@H]1CCN(C)O1. The Balaban J connectivity index is 2.26. The van der Waals surface area contributed by atoms with E-state index < -0.39 is 0 Å². The lowest BCUT2D eigenvalue weighted by atomic mass is 10.3. The van der Waals surface area contributed by atoms with Gasteiger partial charge < -0.3 is 0 Å². The molecule has 0 bridgehead atoms. The Morgan fingerprint density at radius 2 is 2.43 bits per heavy atom. The van der Waals surface area contributed by atoms with Crippen molar-refractivity contribution in [1.29, 1.82) is 0 Å². The van der Waals surface area contributed by atoms with Crippen molar-refractivity contribution in [3.8, 4) is 0 Å². The maximum atomic E-state index is 5.19. The minimum Gasteiger partial charge on any atom is -0.296 e. The van der Waals surface area contributed by atoms with Gasteiger partial charge in [-0.25, -0.2) is 0 Å². The van der Waals surface area contributed by atoms with Gasteiger partial charge in [0.25, 0.3) is 0 Å². The molecule has 0 radical (unpaired) electrons. The molecule has 0 spiro atoms. The average molecular weight is 101 g/mol. The molecule has 2 heteroatoms. The molecule has 0 saturated carbocycles. The summed E-state index contributed by atoms with van der Waals surface area (Å²) in [4.78, 5) is 5.19. The van der Waals surface area contributed by atoms with E-state index in [0.717, 1.165) is 6.54 Å². The van der Waals surface area contributed by atoms with E-state index in [1.54, 1.807) is 0 Å². The molecule has 1 aliphatic rings. The second-order valence-corrected chi connectivity index (χ2v) is 2.06. The van der Waals surface area contributed by atoms with Gasteiger partial charge in [0.1, 0.15) is 0 Å². The van der Waals surface area contributed by atoms with Crippen molar-refractivity contribution < 1.29 is 4.84 Å². The van der Waals surface area contributed by atoms with Crippen LogP contribution in [0.3, 0.4) is 0 Å². The van der Waals surface area contributed by atoms with Crippen molar-refractivity contribution in [3.05, 3.63) is 0 Å².